The summed E-state index contributed by atoms with van der Waals surface area (Å²) in [6.07, 6.45) is 0.884. The molecule has 4 heteroatoms. The average Bonchev–Trinajstić information content (AvgIpc) is 2.42. The van der Waals surface area contributed by atoms with Gasteiger partial charge in [-0.2, -0.15) is 0 Å². The van der Waals surface area contributed by atoms with E-state index in [0.717, 1.165) is 11.1 Å². The van der Waals surface area contributed by atoms with Crippen LogP contribution in [0.15, 0.2) is 42.5 Å². The van der Waals surface area contributed by atoms with E-state index in [1.165, 1.54) is 0 Å². The van der Waals surface area contributed by atoms with Gasteiger partial charge in [-0.25, -0.2) is 0 Å². The quantitative estimate of drug-likeness (QED) is 0.838. The molecule has 0 fully saturated rings. The summed E-state index contributed by atoms with van der Waals surface area (Å²) in [4.78, 5) is 11.9. The Bertz CT molecular complexity index is 626. The third-order valence-corrected chi connectivity index (χ3v) is 3.37. The maximum atomic E-state index is 11.9. The van der Waals surface area contributed by atoms with Crippen molar-refractivity contribution < 1.29 is 9.90 Å². The van der Waals surface area contributed by atoms with Crippen molar-refractivity contribution >= 4 is 23.2 Å². The maximum Gasteiger partial charge on any atom is 0.224 e. The molecule has 0 radical (unpaired) electrons. The van der Waals surface area contributed by atoms with Crippen LogP contribution < -0.4 is 5.32 Å². The van der Waals surface area contributed by atoms with E-state index in [1.807, 2.05) is 25.1 Å². The van der Waals surface area contributed by atoms with Crippen LogP contribution in [0.2, 0.25) is 5.02 Å². The van der Waals surface area contributed by atoms with Crippen molar-refractivity contribution in [3.8, 4) is 5.75 Å². The molecule has 2 aromatic carbocycles. The van der Waals surface area contributed by atoms with Gasteiger partial charge in [-0.3, -0.25) is 4.79 Å². The molecule has 1 amide bonds. The lowest BCUT2D eigenvalue weighted by Crippen LogP contribution is -2.12. The minimum absolute atomic E-state index is 0.0710. The number of anilines is 1. The molecular weight excluding hydrogens is 274 g/mol. The lowest BCUT2D eigenvalue weighted by molar-refractivity contribution is -0.116. The predicted molar refractivity (Wildman–Crippen MR) is 81.2 cm³/mol. The fourth-order valence-corrected chi connectivity index (χ4v) is 2.14. The van der Waals surface area contributed by atoms with Crippen LogP contribution in [-0.2, 0) is 11.2 Å². The van der Waals surface area contributed by atoms with Crippen molar-refractivity contribution in [2.24, 2.45) is 0 Å². The molecular formula is C16H16ClNO2. The number of aromatic hydroxyl groups is 1. The first-order chi connectivity index (χ1) is 9.56. The van der Waals surface area contributed by atoms with Gasteiger partial charge in [0.25, 0.3) is 0 Å². The minimum atomic E-state index is -0.147. The number of hydrogen-bond acceptors (Lipinski definition) is 2. The summed E-state index contributed by atoms with van der Waals surface area (Å²) in [5, 5.41) is 13.1. The Morgan fingerprint density at radius 3 is 2.75 bits per heavy atom. The number of nitrogens with one attached hydrogen (secondary N) is 1. The Kier molecular flexibility index (Phi) is 4.64. The molecule has 104 valence electrons. The smallest absolute Gasteiger partial charge is 0.224 e. The number of aryl methyl sites for hydroxylation is 2. The topological polar surface area (TPSA) is 49.3 Å². The Hall–Kier alpha value is -2.00. The second kappa shape index (κ2) is 6.44. The van der Waals surface area contributed by atoms with Crippen LogP contribution in [0, 0.1) is 6.92 Å². The van der Waals surface area contributed by atoms with Gasteiger partial charge >= 0.3 is 0 Å². The summed E-state index contributed by atoms with van der Waals surface area (Å²) in [6, 6.07) is 12.6. The maximum absolute atomic E-state index is 11.9. The number of benzene rings is 2. The summed E-state index contributed by atoms with van der Waals surface area (Å²) in [5.74, 6) is -0.0764. The molecule has 0 aromatic heterocycles. The van der Waals surface area contributed by atoms with Crippen LogP contribution in [0.3, 0.4) is 0 Å². The van der Waals surface area contributed by atoms with E-state index in [9.17, 15) is 9.90 Å². The van der Waals surface area contributed by atoms with Crippen LogP contribution in [0.1, 0.15) is 17.5 Å². The predicted octanol–water partition coefficient (Wildman–Crippen LogP) is 3.93. The monoisotopic (exact) mass is 289 g/mol. The molecule has 2 rings (SSSR count). The van der Waals surface area contributed by atoms with Gasteiger partial charge < -0.3 is 10.4 Å². The standard InChI is InChI=1S/C16H16ClNO2/c1-11-6-8-15(19)14(10-11)18-16(20)9-7-12-4-2-3-5-13(12)17/h2-6,8,10,19H,7,9H2,1H3,(H,18,20). The first-order valence-electron chi connectivity index (χ1n) is 6.39. The van der Waals surface area contributed by atoms with Crippen LogP contribution in [0.4, 0.5) is 5.69 Å². The molecule has 0 bridgehead atoms. The molecule has 0 heterocycles. The number of amides is 1. The van der Waals surface area contributed by atoms with Gasteiger partial charge in [0.1, 0.15) is 5.75 Å². The minimum Gasteiger partial charge on any atom is -0.506 e. The highest BCUT2D eigenvalue weighted by molar-refractivity contribution is 6.31. The van der Waals surface area contributed by atoms with E-state index in [2.05, 4.69) is 5.32 Å². The summed E-state index contributed by atoms with van der Waals surface area (Å²) < 4.78 is 0. The summed E-state index contributed by atoms with van der Waals surface area (Å²) >= 11 is 6.04. The van der Waals surface area contributed by atoms with E-state index in [4.69, 9.17) is 11.6 Å². The fraction of sp³-hybridized carbons (Fsp3) is 0.188. The lowest BCUT2D eigenvalue weighted by atomic mass is 10.1. The van der Waals surface area contributed by atoms with Crippen LogP contribution in [0.5, 0.6) is 5.75 Å². The first kappa shape index (κ1) is 14.4. The van der Waals surface area contributed by atoms with Crippen molar-refractivity contribution in [3.05, 3.63) is 58.6 Å². The van der Waals surface area contributed by atoms with Gasteiger partial charge in [0.15, 0.2) is 0 Å². The Morgan fingerprint density at radius 1 is 1.25 bits per heavy atom. The zero-order valence-corrected chi connectivity index (χ0v) is 11.9. The van der Waals surface area contributed by atoms with Crippen molar-refractivity contribution in [2.75, 3.05) is 5.32 Å². The Balaban J connectivity index is 1.96. The third kappa shape index (κ3) is 3.75. The lowest BCUT2D eigenvalue weighted by Gasteiger charge is -2.08. The molecule has 0 saturated carbocycles. The fourth-order valence-electron chi connectivity index (χ4n) is 1.91. The van der Waals surface area contributed by atoms with Gasteiger partial charge in [-0.1, -0.05) is 35.9 Å². The number of phenolic OH excluding ortho intramolecular Hbond substituents is 1. The first-order valence-corrected chi connectivity index (χ1v) is 6.77. The molecule has 0 aliphatic carbocycles. The molecule has 2 N–H and O–H groups in total. The van der Waals surface area contributed by atoms with E-state index in [-0.39, 0.29) is 11.7 Å². The van der Waals surface area contributed by atoms with E-state index in [0.29, 0.717) is 23.6 Å². The van der Waals surface area contributed by atoms with Crippen LogP contribution in [-0.4, -0.2) is 11.0 Å². The van der Waals surface area contributed by atoms with Gasteiger partial charge in [0.2, 0.25) is 5.91 Å². The SMILES string of the molecule is Cc1ccc(O)c(NC(=O)CCc2ccccc2Cl)c1. The highest BCUT2D eigenvalue weighted by Crippen LogP contribution is 2.24. The van der Waals surface area contributed by atoms with Gasteiger partial charge in [0.05, 0.1) is 5.69 Å². The zero-order chi connectivity index (χ0) is 14.5. The van der Waals surface area contributed by atoms with Gasteiger partial charge in [0, 0.05) is 11.4 Å². The van der Waals surface area contributed by atoms with Gasteiger partial charge in [-0.05, 0) is 42.7 Å². The van der Waals surface area contributed by atoms with Crippen molar-refractivity contribution in [1.82, 2.24) is 0 Å². The van der Waals surface area contributed by atoms with E-state index in [1.54, 1.807) is 24.3 Å². The summed E-state index contributed by atoms with van der Waals surface area (Å²) in [7, 11) is 0. The van der Waals surface area contributed by atoms with Crippen molar-refractivity contribution in [1.29, 1.82) is 0 Å². The highest BCUT2D eigenvalue weighted by atomic mass is 35.5. The second-order valence-electron chi connectivity index (χ2n) is 4.66. The summed E-state index contributed by atoms with van der Waals surface area (Å²) in [5.41, 5.74) is 2.36. The molecule has 3 nitrogen and oxygen atoms in total. The number of carbonyl (C=O) groups is 1. The number of halogens is 1. The number of hydrogen-bond donors (Lipinski definition) is 2. The molecule has 0 atom stereocenters. The van der Waals surface area contributed by atoms with Crippen LogP contribution in [0.25, 0.3) is 0 Å². The molecule has 20 heavy (non-hydrogen) atoms. The number of phenols is 1. The molecule has 2 aromatic rings. The molecule has 0 aliphatic heterocycles. The highest BCUT2D eigenvalue weighted by Gasteiger charge is 2.08. The Morgan fingerprint density at radius 2 is 2.00 bits per heavy atom. The Labute approximate surface area is 123 Å². The average molecular weight is 290 g/mol. The number of carbonyl (C=O) groups excluding carboxylic acids is 1. The normalized spacial score (nSPS) is 10.3. The van der Waals surface area contributed by atoms with Crippen molar-refractivity contribution in [3.63, 3.8) is 0 Å². The van der Waals surface area contributed by atoms with Crippen LogP contribution >= 0.6 is 11.6 Å². The second-order valence-corrected chi connectivity index (χ2v) is 5.07. The largest absolute Gasteiger partial charge is 0.506 e. The van der Waals surface area contributed by atoms with Crippen molar-refractivity contribution in [2.45, 2.75) is 19.8 Å². The third-order valence-electron chi connectivity index (χ3n) is 3.01. The summed E-state index contributed by atoms with van der Waals surface area (Å²) in [6.45, 7) is 1.90. The molecule has 0 aliphatic rings. The van der Waals surface area contributed by atoms with Gasteiger partial charge in [-0.15, -0.1) is 0 Å². The molecule has 0 saturated heterocycles. The number of rotatable bonds is 4. The zero-order valence-electron chi connectivity index (χ0n) is 11.2. The van der Waals surface area contributed by atoms with E-state index >= 15 is 0 Å². The molecule has 0 unspecified atom stereocenters. The van der Waals surface area contributed by atoms with E-state index < -0.39 is 0 Å². The molecule has 0 spiro atoms.